The van der Waals surface area contributed by atoms with Crippen LogP contribution < -0.4 is 10.1 Å². The summed E-state index contributed by atoms with van der Waals surface area (Å²) in [5.74, 6) is 0.234. The van der Waals surface area contributed by atoms with E-state index in [4.69, 9.17) is 14.3 Å². The van der Waals surface area contributed by atoms with Crippen LogP contribution in [-0.4, -0.2) is 28.6 Å². The molecule has 0 aliphatic carbocycles. The van der Waals surface area contributed by atoms with Crippen molar-refractivity contribution in [3.63, 3.8) is 0 Å². The molecule has 154 valence electrons. The van der Waals surface area contributed by atoms with Crippen LogP contribution >= 0.6 is 0 Å². The van der Waals surface area contributed by atoms with Gasteiger partial charge in [0.2, 0.25) is 0 Å². The molecule has 1 atom stereocenters. The maximum Gasteiger partial charge on any atom is 0.433 e. The van der Waals surface area contributed by atoms with E-state index in [9.17, 15) is 18.0 Å². The quantitative estimate of drug-likeness (QED) is 0.647. The number of hydrogen-bond acceptors (Lipinski definition) is 5. The van der Waals surface area contributed by atoms with Crippen molar-refractivity contribution in [3.8, 4) is 5.75 Å². The number of aryl methyl sites for hydroxylation is 1. The van der Waals surface area contributed by atoms with Gasteiger partial charge in [-0.05, 0) is 38.1 Å². The molecule has 29 heavy (non-hydrogen) atoms. The second-order valence-corrected chi connectivity index (χ2v) is 6.55. The topological polar surface area (TPSA) is 84.6 Å². The Kier molecular flexibility index (Phi) is 5.78. The number of carbonyl (C=O) groups is 1. The number of ether oxygens (including phenoxy) is 1. The molecule has 2 aromatic heterocycles. The Labute approximate surface area is 164 Å². The molecule has 1 aromatic carbocycles. The number of nitrogens with zero attached hydrogens (tertiary/aromatic N) is 1. The van der Waals surface area contributed by atoms with E-state index in [1.165, 1.54) is 18.2 Å². The molecular formula is C20H19F3N2O4. The zero-order valence-electron chi connectivity index (χ0n) is 15.7. The highest BCUT2D eigenvalue weighted by atomic mass is 19.4. The molecule has 2 N–H and O–H groups in total. The third-order valence-electron chi connectivity index (χ3n) is 4.27. The molecule has 0 spiro atoms. The summed E-state index contributed by atoms with van der Waals surface area (Å²) in [7, 11) is 0. The number of aliphatic hydroxyl groups is 1. The summed E-state index contributed by atoms with van der Waals surface area (Å²) in [5.41, 5.74) is -0.381. The number of fused-ring (bicyclic) bond motifs is 1. The van der Waals surface area contributed by atoms with E-state index >= 15 is 0 Å². The van der Waals surface area contributed by atoms with E-state index in [2.05, 4.69) is 10.3 Å². The molecule has 0 bridgehead atoms. The first-order chi connectivity index (χ1) is 13.7. The predicted octanol–water partition coefficient (Wildman–Crippen LogP) is 3.84. The smallest absolute Gasteiger partial charge is 0.433 e. The Morgan fingerprint density at radius 1 is 1.34 bits per heavy atom. The van der Waals surface area contributed by atoms with Crippen molar-refractivity contribution >= 4 is 16.9 Å². The van der Waals surface area contributed by atoms with Gasteiger partial charge in [-0.1, -0.05) is 6.07 Å². The standard InChI is InChI=1S/C20H19F3N2O4/c1-11(9-26)25-19(27)17-12(2)29-16-6-5-14(8-15(16)17)28-10-13-4-3-7-24-18(13)20(21,22)23/h3-8,11,26H,9-10H2,1-2H3,(H,25,27). The van der Waals surface area contributed by atoms with E-state index in [0.717, 1.165) is 6.20 Å². The number of aromatic nitrogens is 1. The van der Waals surface area contributed by atoms with Crippen molar-refractivity contribution in [2.24, 2.45) is 0 Å². The van der Waals surface area contributed by atoms with Gasteiger partial charge in [0.05, 0.1) is 12.2 Å². The van der Waals surface area contributed by atoms with Gasteiger partial charge >= 0.3 is 6.18 Å². The van der Waals surface area contributed by atoms with Crippen molar-refractivity contribution in [1.29, 1.82) is 0 Å². The average Bonchev–Trinajstić information content (AvgIpc) is 3.00. The summed E-state index contributed by atoms with van der Waals surface area (Å²) < 4.78 is 50.3. The maximum absolute atomic E-state index is 13.1. The van der Waals surface area contributed by atoms with Crippen molar-refractivity contribution in [3.05, 3.63) is 59.1 Å². The van der Waals surface area contributed by atoms with Crippen LogP contribution in [0.15, 0.2) is 40.9 Å². The monoisotopic (exact) mass is 408 g/mol. The third kappa shape index (κ3) is 4.51. The predicted molar refractivity (Wildman–Crippen MR) is 98.5 cm³/mol. The molecule has 3 rings (SSSR count). The van der Waals surface area contributed by atoms with Gasteiger partial charge in [0.15, 0.2) is 5.69 Å². The lowest BCUT2D eigenvalue weighted by Gasteiger charge is -2.12. The lowest BCUT2D eigenvalue weighted by molar-refractivity contribution is -0.142. The molecule has 0 radical (unpaired) electrons. The molecule has 9 heteroatoms. The first kappa shape index (κ1) is 20.7. The summed E-state index contributed by atoms with van der Waals surface area (Å²) in [4.78, 5) is 15.9. The highest BCUT2D eigenvalue weighted by Crippen LogP contribution is 2.32. The second-order valence-electron chi connectivity index (χ2n) is 6.55. The zero-order valence-corrected chi connectivity index (χ0v) is 15.7. The Hall–Kier alpha value is -3.07. The lowest BCUT2D eigenvalue weighted by atomic mass is 10.1. The molecule has 0 fully saturated rings. The number of aliphatic hydroxyl groups excluding tert-OH is 1. The van der Waals surface area contributed by atoms with Gasteiger partial charge < -0.3 is 19.6 Å². The molecule has 6 nitrogen and oxygen atoms in total. The first-order valence-corrected chi connectivity index (χ1v) is 8.79. The number of hydrogen-bond donors (Lipinski definition) is 2. The molecule has 1 amide bonds. The number of amides is 1. The highest BCUT2D eigenvalue weighted by molar-refractivity contribution is 6.07. The minimum atomic E-state index is -4.58. The zero-order chi connectivity index (χ0) is 21.2. The Morgan fingerprint density at radius 3 is 2.79 bits per heavy atom. The summed E-state index contributed by atoms with van der Waals surface area (Å²) in [6.07, 6.45) is -3.51. The van der Waals surface area contributed by atoms with Gasteiger partial charge in [-0.15, -0.1) is 0 Å². The summed E-state index contributed by atoms with van der Waals surface area (Å²) >= 11 is 0. The largest absolute Gasteiger partial charge is 0.489 e. The van der Waals surface area contributed by atoms with Crippen LogP contribution in [0.4, 0.5) is 13.2 Å². The molecule has 0 aliphatic rings. The van der Waals surface area contributed by atoms with Crippen molar-refractivity contribution in [2.45, 2.75) is 32.7 Å². The van der Waals surface area contributed by atoms with E-state index < -0.39 is 23.8 Å². The third-order valence-corrected chi connectivity index (χ3v) is 4.27. The number of pyridine rings is 1. The van der Waals surface area contributed by atoms with Crippen LogP contribution in [-0.2, 0) is 12.8 Å². The van der Waals surface area contributed by atoms with Crippen LogP contribution in [0.25, 0.3) is 11.0 Å². The highest BCUT2D eigenvalue weighted by Gasteiger charge is 2.35. The molecule has 0 saturated heterocycles. The normalized spacial score (nSPS) is 12.8. The fourth-order valence-electron chi connectivity index (χ4n) is 2.88. The molecular weight excluding hydrogens is 389 g/mol. The van der Waals surface area contributed by atoms with Crippen molar-refractivity contribution in [2.75, 3.05) is 6.61 Å². The van der Waals surface area contributed by atoms with Crippen LogP contribution in [0.3, 0.4) is 0 Å². The van der Waals surface area contributed by atoms with Gasteiger partial charge in [0.1, 0.15) is 23.7 Å². The number of benzene rings is 1. The van der Waals surface area contributed by atoms with Crippen LogP contribution in [0, 0.1) is 6.92 Å². The van der Waals surface area contributed by atoms with Crippen LogP contribution in [0.2, 0.25) is 0 Å². The lowest BCUT2D eigenvalue weighted by Crippen LogP contribution is -2.35. The molecule has 3 aromatic rings. The number of alkyl halides is 3. The second kappa shape index (κ2) is 8.12. The fourth-order valence-corrected chi connectivity index (χ4v) is 2.88. The summed E-state index contributed by atoms with van der Waals surface area (Å²) in [5, 5.41) is 12.2. The van der Waals surface area contributed by atoms with E-state index in [0.29, 0.717) is 16.7 Å². The number of halogens is 3. The Balaban J connectivity index is 1.87. The van der Waals surface area contributed by atoms with E-state index in [-0.39, 0.29) is 30.1 Å². The number of furan rings is 1. The fraction of sp³-hybridized carbons (Fsp3) is 0.300. The molecule has 0 aliphatic heterocycles. The minimum Gasteiger partial charge on any atom is -0.489 e. The summed E-state index contributed by atoms with van der Waals surface area (Å²) in [6.45, 7) is 2.72. The Bertz CT molecular complexity index is 1030. The van der Waals surface area contributed by atoms with E-state index in [1.807, 2.05) is 0 Å². The van der Waals surface area contributed by atoms with Gasteiger partial charge in [-0.25, -0.2) is 0 Å². The van der Waals surface area contributed by atoms with E-state index in [1.54, 1.807) is 26.0 Å². The van der Waals surface area contributed by atoms with Gasteiger partial charge in [-0.2, -0.15) is 13.2 Å². The average molecular weight is 408 g/mol. The molecule has 0 saturated carbocycles. The number of rotatable bonds is 6. The maximum atomic E-state index is 13.1. The number of nitrogens with one attached hydrogen (secondary N) is 1. The minimum absolute atomic E-state index is 0.0989. The molecule has 1 unspecified atom stereocenters. The SMILES string of the molecule is Cc1oc2ccc(OCc3cccnc3C(F)(F)F)cc2c1C(=O)NC(C)CO. The number of carbonyl (C=O) groups excluding carboxylic acids is 1. The van der Waals surface area contributed by atoms with Gasteiger partial charge in [-0.3, -0.25) is 9.78 Å². The van der Waals surface area contributed by atoms with Crippen LogP contribution in [0.5, 0.6) is 5.75 Å². The van der Waals surface area contributed by atoms with Crippen LogP contribution in [0.1, 0.15) is 34.3 Å². The Morgan fingerprint density at radius 2 is 2.10 bits per heavy atom. The van der Waals surface area contributed by atoms with Gasteiger partial charge in [0, 0.05) is 23.2 Å². The van der Waals surface area contributed by atoms with Gasteiger partial charge in [0.25, 0.3) is 5.91 Å². The van der Waals surface area contributed by atoms with Crippen molar-refractivity contribution in [1.82, 2.24) is 10.3 Å². The van der Waals surface area contributed by atoms with Crippen molar-refractivity contribution < 1.29 is 32.2 Å². The molecule has 2 heterocycles. The summed E-state index contributed by atoms with van der Waals surface area (Å²) in [6, 6.07) is 6.92. The first-order valence-electron chi connectivity index (χ1n) is 8.79.